The molecule has 0 radical (unpaired) electrons. The van der Waals surface area contributed by atoms with Crippen LogP contribution in [-0.2, 0) is 19.1 Å². The van der Waals surface area contributed by atoms with Crippen LogP contribution >= 0.6 is 0 Å². The average Bonchev–Trinajstić information content (AvgIpc) is 2.42. The molecule has 20 heavy (non-hydrogen) atoms. The average molecular weight is 285 g/mol. The fourth-order valence-corrected chi connectivity index (χ4v) is 1.73. The van der Waals surface area contributed by atoms with Gasteiger partial charge in [-0.15, -0.1) is 0 Å². The number of unbranched alkanes of at least 4 members (excludes halogenated alkanes) is 2. The Morgan fingerprint density at radius 2 is 1.65 bits per heavy atom. The van der Waals surface area contributed by atoms with Crippen molar-refractivity contribution in [2.75, 3.05) is 19.7 Å². The van der Waals surface area contributed by atoms with E-state index in [-0.39, 0.29) is 6.23 Å². The van der Waals surface area contributed by atoms with Gasteiger partial charge in [0, 0.05) is 12.2 Å². The second kappa shape index (κ2) is 11.5. The molecular weight excluding hydrogens is 258 g/mol. The molecule has 5 heteroatoms. The molecule has 1 unspecified atom stereocenters. The summed E-state index contributed by atoms with van der Waals surface area (Å²) in [5.41, 5.74) is 0. The third kappa shape index (κ3) is 8.69. The van der Waals surface area contributed by atoms with Crippen molar-refractivity contribution in [1.82, 2.24) is 4.90 Å². The lowest BCUT2D eigenvalue weighted by Gasteiger charge is -2.25. The van der Waals surface area contributed by atoms with Gasteiger partial charge < -0.3 is 9.47 Å². The van der Waals surface area contributed by atoms with Crippen LogP contribution in [0.3, 0.4) is 0 Å². The Morgan fingerprint density at radius 1 is 1.05 bits per heavy atom. The van der Waals surface area contributed by atoms with Gasteiger partial charge in [-0.1, -0.05) is 33.6 Å². The summed E-state index contributed by atoms with van der Waals surface area (Å²) in [5, 5.41) is 0. The van der Waals surface area contributed by atoms with E-state index >= 15 is 0 Å². The van der Waals surface area contributed by atoms with Gasteiger partial charge in [0.2, 0.25) is 0 Å². The number of carbonyl (C=O) groups excluding carboxylic acids is 2. The summed E-state index contributed by atoms with van der Waals surface area (Å²) >= 11 is 0. The minimum absolute atomic E-state index is 0.303. The summed E-state index contributed by atoms with van der Waals surface area (Å²) in [7, 11) is 0. The summed E-state index contributed by atoms with van der Waals surface area (Å²) in [6.07, 6.45) is 4.87. The highest BCUT2D eigenvalue weighted by atomic mass is 16.6. The predicted molar refractivity (Wildman–Crippen MR) is 78.1 cm³/mol. The summed E-state index contributed by atoms with van der Waals surface area (Å²) in [4.78, 5) is 24.8. The number of rotatable bonds is 10. The smallest absolute Gasteiger partial charge is 0.332 e. The van der Waals surface area contributed by atoms with Crippen molar-refractivity contribution < 1.29 is 19.1 Å². The number of hydrogen-bond donors (Lipinski definition) is 0. The van der Waals surface area contributed by atoms with E-state index in [1.807, 2.05) is 25.7 Å². The van der Waals surface area contributed by atoms with Gasteiger partial charge in [0.1, 0.15) is 0 Å². The van der Waals surface area contributed by atoms with E-state index in [0.29, 0.717) is 6.61 Å². The SMILES string of the molecule is CCCCCOC(=O)/C=C\C(=O)OC(C)N(CC)CC. The Morgan fingerprint density at radius 3 is 2.20 bits per heavy atom. The first-order valence-corrected chi connectivity index (χ1v) is 7.34. The van der Waals surface area contributed by atoms with Crippen LogP contribution in [0.1, 0.15) is 47.0 Å². The summed E-state index contributed by atoms with van der Waals surface area (Å²) in [6.45, 7) is 9.87. The molecule has 0 aliphatic carbocycles. The van der Waals surface area contributed by atoms with Gasteiger partial charge in [0.15, 0.2) is 6.23 Å². The molecule has 0 aliphatic rings. The quantitative estimate of drug-likeness (QED) is 0.267. The molecule has 0 amide bonds. The molecule has 0 aliphatic heterocycles. The Kier molecular flexibility index (Phi) is 10.7. The number of carbonyl (C=O) groups is 2. The minimum atomic E-state index is -0.532. The first-order chi connectivity index (χ1) is 9.54. The van der Waals surface area contributed by atoms with Gasteiger partial charge in [0.05, 0.1) is 6.61 Å². The molecule has 0 spiro atoms. The van der Waals surface area contributed by atoms with Crippen molar-refractivity contribution in [2.24, 2.45) is 0 Å². The Balaban J connectivity index is 4.00. The maximum absolute atomic E-state index is 11.5. The van der Waals surface area contributed by atoms with Gasteiger partial charge in [-0.05, 0) is 26.4 Å². The van der Waals surface area contributed by atoms with Crippen LogP contribution in [0.5, 0.6) is 0 Å². The van der Waals surface area contributed by atoms with E-state index in [4.69, 9.17) is 9.47 Å². The molecule has 0 aromatic heterocycles. The molecule has 0 bridgehead atoms. The van der Waals surface area contributed by atoms with Crippen molar-refractivity contribution in [3.8, 4) is 0 Å². The van der Waals surface area contributed by atoms with E-state index < -0.39 is 11.9 Å². The van der Waals surface area contributed by atoms with Gasteiger partial charge in [-0.2, -0.15) is 0 Å². The highest BCUT2D eigenvalue weighted by Gasteiger charge is 2.13. The molecule has 0 fully saturated rings. The monoisotopic (exact) mass is 285 g/mol. The third-order valence-corrected chi connectivity index (χ3v) is 2.96. The molecule has 116 valence electrons. The predicted octanol–water partition coefficient (Wildman–Crippen LogP) is 2.51. The first-order valence-electron chi connectivity index (χ1n) is 7.34. The highest BCUT2D eigenvalue weighted by Crippen LogP contribution is 2.01. The van der Waals surface area contributed by atoms with E-state index in [1.54, 1.807) is 0 Å². The summed E-state index contributed by atoms with van der Waals surface area (Å²) in [5.74, 6) is -1.04. The van der Waals surface area contributed by atoms with Crippen LogP contribution < -0.4 is 0 Å². The molecule has 0 aromatic rings. The first kappa shape index (κ1) is 18.6. The zero-order valence-electron chi connectivity index (χ0n) is 13.1. The molecule has 0 N–H and O–H groups in total. The lowest BCUT2D eigenvalue weighted by Crippen LogP contribution is -2.35. The van der Waals surface area contributed by atoms with Crippen LogP contribution in [0.15, 0.2) is 12.2 Å². The fraction of sp³-hybridized carbons (Fsp3) is 0.733. The second-order valence-electron chi connectivity index (χ2n) is 4.47. The molecular formula is C15H27NO4. The summed E-state index contributed by atoms with van der Waals surface area (Å²) in [6, 6.07) is 0. The van der Waals surface area contributed by atoms with Gasteiger partial charge in [-0.3, -0.25) is 4.90 Å². The second-order valence-corrected chi connectivity index (χ2v) is 4.47. The van der Waals surface area contributed by atoms with Crippen LogP contribution in [0, 0.1) is 0 Å². The van der Waals surface area contributed by atoms with Crippen LogP contribution in [0.4, 0.5) is 0 Å². The van der Waals surface area contributed by atoms with Crippen molar-refractivity contribution >= 4 is 11.9 Å². The molecule has 5 nitrogen and oxygen atoms in total. The molecule has 0 aromatic carbocycles. The van der Waals surface area contributed by atoms with Crippen LogP contribution in [0.25, 0.3) is 0 Å². The Labute approximate surface area is 121 Å². The van der Waals surface area contributed by atoms with Crippen molar-refractivity contribution in [2.45, 2.75) is 53.2 Å². The van der Waals surface area contributed by atoms with Crippen molar-refractivity contribution in [3.63, 3.8) is 0 Å². The normalized spacial score (nSPS) is 12.7. The van der Waals surface area contributed by atoms with E-state index in [2.05, 4.69) is 6.92 Å². The number of hydrogen-bond acceptors (Lipinski definition) is 5. The minimum Gasteiger partial charge on any atom is -0.463 e. The van der Waals surface area contributed by atoms with Gasteiger partial charge in [0.25, 0.3) is 0 Å². The lowest BCUT2D eigenvalue weighted by molar-refractivity contribution is -0.151. The van der Waals surface area contributed by atoms with Crippen LogP contribution in [-0.4, -0.2) is 42.8 Å². The van der Waals surface area contributed by atoms with E-state index in [1.165, 1.54) is 0 Å². The third-order valence-electron chi connectivity index (χ3n) is 2.96. The zero-order chi connectivity index (χ0) is 15.4. The maximum Gasteiger partial charge on any atom is 0.332 e. The number of esters is 2. The molecule has 0 saturated heterocycles. The molecule has 0 rings (SSSR count). The summed E-state index contributed by atoms with van der Waals surface area (Å²) < 4.78 is 10.1. The fourth-order valence-electron chi connectivity index (χ4n) is 1.73. The number of ether oxygens (including phenoxy) is 2. The van der Waals surface area contributed by atoms with Crippen molar-refractivity contribution in [3.05, 3.63) is 12.2 Å². The lowest BCUT2D eigenvalue weighted by atomic mass is 10.3. The molecule has 0 saturated carbocycles. The Bertz CT molecular complexity index is 311. The molecule has 1 atom stereocenters. The van der Waals surface area contributed by atoms with E-state index in [0.717, 1.165) is 44.5 Å². The van der Waals surface area contributed by atoms with Crippen LogP contribution in [0.2, 0.25) is 0 Å². The Hall–Kier alpha value is -1.36. The van der Waals surface area contributed by atoms with Crippen molar-refractivity contribution in [1.29, 1.82) is 0 Å². The van der Waals surface area contributed by atoms with Gasteiger partial charge in [-0.25, -0.2) is 9.59 Å². The maximum atomic E-state index is 11.5. The zero-order valence-corrected chi connectivity index (χ0v) is 13.1. The standard InChI is InChI=1S/C15H27NO4/c1-5-8-9-12-19-14(17)10-11-15(18)20-13(4)16(6-2)7-3/h10-11,13H,5-9,12H2,1-4H3/b11-10-. The van der Waals surface area contributed by atoms with E-state index in [9.17, 15) is 9.59 Å². The largest absolute Gasteiger partial charge is 0.463 e. The molecule has 0 heterocycles. The highest BCUT2D eigenvalue weighted by molar-refractivity contribution is 5.91. The topological polar surface area (TPSA) is 55.8 Å². The number of nitrogens with zero attached hydrogens (tertiary/aromatic N) is 1. The van der Waals surface area contributed by atoms with Gasteiger partial charge >= 0.3 is 11.9 Å².